The highest BCUT2D eigenvalue weighted by Crippen LogP contribution is 2.40. The fraction of sp³-hybridized carbons (Fsp3) is 0.458. The standard InChI is InChI=1S/C24H30N2O3/c1-16(25-24(27)18-9-10-18)23-20-14-22(29-3)21(28-2)13-19(20)11-12-26(23)15-17-7-5-4-6-8-17/h4-8,13-14,16,18,23H,9-12,15H2,1-3H3,(H,25,27)/t16-,23+/m0/s1. The van der Waals surface area contributed by atoms with Gasteiger partial charge in [-0.25, -0.2) is 0 Å². The normalized spacial score (nSPS) is 19.9. The Morgan fingerprint density at radius 3 is 2.48 bits per heavy atom. The van der Waals surface area contributed by atoms with Crippen molar-refractivity contribution < 1.29 is 14.3 Å². The van der Waals surface area contributed by atoms with Gasteiger partial charge in [-0.3, -0.25) is 9.69 Å². The Hall–Kier alpha value is -2.53. The fourth-order valence-electron chi connectivity index (χ4n) is 4.38. The zero-order chi connectivity index (χ0) is 20.4. The zero-order valence-electron chi connectivity index (χ0n) is 17.5. The molecular weight excluding hydrogens is 364 g/mol. The van der Waals surface area contributed by atoms with E-state index in [4.69, 9.17) is 9.47 Å². The molecule has 0 saturated heterocycles. The van der Waals surface area contributed by atoms with Crippen molar-refractivity contribution in [3.63, 3.8) is 0 Å². The monoisotopic (exact) mass is 394 g/mol. The molecule has 154 valence electrons. The molecule has 1 fully saturated rings. The summed E-state index contributed by atoms with van der Waals surface area (Å²) in [6, 6.07) is 14.8. The van der Waals surface area contributed by atoms with Gasteiger partial charge in [0.05, 0.1) is 20.3 Å². The number of ether oxygens (including phenoxy) is 2. The number of carbonyl (C=O) groups is 1. The maximum Gasteiger partial charge on any atom is 0.223 e. The lowest BCUT2D eigenvalue weighted by atomic mass is 9.87. The molecule has 1 heterocycles. The SMILES string of the molecule is COc1cc2c(cc1OC)[C@@H]([C@H](C)NC(=O)C1CC1)N(Cc1ccccc1)CC2. The van der Waals surface area contributed by atoms with Gasteiger partial charge in [0.25, 0.3) is 0 Å². The fourth-order valence-corrected chi connectivity index (χ4v) is 4.38. The van der Waals surface area contributed by atoms with Crippen LogP contribution in [0.25, 0.3) is 0 Å². The van der Waals surface area contributed by atoms with Crippen molar-refractivity contribution in [2.24, 2.45) is 5.92 Å². The number of nitrogens with zero attached hydrogens (tertiary/aromatic N) is 1. The number of rotatable bonds is 7. The Bertz CT molecular complexity index is 864. The van der Waals surface area contributed by atoms with Crippen molar-refractivity contribution in [3.05, 3.63) is 59.2 Å². The predicted octanol–water partition coefficient (Wildman–Crippen LogP) is 3.72. The van der Waals surface area contributed by atoms with E-state index in [9.17, 15) is 4.79 Å². The quantitative estimate of drug-likeness (QED) is 0.778. The van der Waals surface area contributed by atoms with Gasteiger partial charge in [-0.05, 0) is 55.0 Å². The minimum Gasteiger partial charge on any atom is -0.493 e. The van der Waals surface area contributed by atoms with Crippen LogP contribution in [0.1, 0.15) is 42.5 Å². The lowest BCUT2D eigenvalue weighted by Crippen LogP contribution is -2.47. The van der Waals surface area contributed by atoms with Crippen molar-refractivity contribution >= 4 is 5.91 Å². The minimum absolute atomic E-state index is 0.00367. The van der Waals surface area contributed by atoms with E-state index in [1.54, 1.807) is 14.2 Å². The van der Waals surface area contributed by atoms with Crippen molar-refractivity contribution in [1.29, 1.82) is 0 Å². The number of amides is 1. The summed E-state index contributed by atoms with van der Waals surface area (Å²) in [5.74, 6) is 1.88. The highest BCUT2D eigenvalue weighted by Gasteiger charge is 2.36. The highest BCUT2D eigenvalue weighted by atomic mass is 16.5. The third-order valence-electron chi connectivity index (χ3n) is 6.05. The summed E-state index contributed by atoms with van der Waals surface area (Å²) in [4.78, 5) is 15.0. The summed E-state index contributed by atoms with van der Waals surface area (Å²) in [7, 11) is 3.34. The van der Waals surface area contributed by atoms with E-state index in [1.165, 1.54) is 16.7 Å². The molecule has 2 aromatic carbocycles. The van der Waals surface area contributed by atoms with Crippen LogP contribution in [0.5, 0.6) is 11.5 Å². The van der Waals surface area contributed by atoms with Crippen LogP contribution < -0.4 is 14.8 Å². The van der Waals surface area contributed by atoms with E-state index in [0.717, 1.165) is 43.9 Å². The van der Waals surface area contributed by atoms with Gasteiger partial charge < -0.3 is 14.8 Å². The summed E-state index contributed by atoms with van der Waals surface area (Å²) < 4.78 is 11.1. The molecular formula is C24H30N2O3. The lowest BCUT2D eigenvalue weighted by Gasteiger charge is -2.41. The third kappa shape index (κ3) is 4.25. The number of benzene rings is 2. The van der Waals surface area contributed by atoms with Crippen LogP contribution in [0.4, 0.5) is 0 Å². The van der Waals surface area contributed by atoms with Gasteiger partial charge in [-0.2, -0.15) is 0 Å². The molecule has 29 heavy (non-hydrogen) atoms. The maximum absolute atomic E-state index is 12.5. The molecule has 1 N–H and O–H groups in total. The van der Waals surface area contributed by atoms with Crippen LogP contribution in [0.15, 0.2) is 42.5 Å². The van der Waals surface area contributed by atoms with E-state index >= 15 is 0 Å². The van der Waals surface area contributed by atoms with Crippen molar-refractivity contribution in [3.8, 4) is 11.5 Å². The van der Waals surface area contributed by atoms with Gasteiger partial charge in [-0.1, -0.05) is 30.3 Å². The van der Waals surface area contributed by atoms with Gasteiger partial charge in [0, 0.05) is 25.0 Å². The minimum atomic E-state index is 0.00367. The molecule has 0 spiro atoms. The zero-order valence-corrected chi connectivity index (χ0v) is 17.5. The Morgan fingerprint density at radius 2 is 1.83 bits per heavy atom. The summed E-state index contributed by atoms with van der Waals surface area (Å²) in [5, 5.41) is 3.28. The molecule has 0 radical (unpaired) electrons. The summed E-state index contributed by atoms with van der Waals surface area (Å²) in [6.07, 6.45) is 2.97. The van der Waals surface area contributed by atoms with Gasteiger partial charge in [-0.15, -0.1) is 0 Å². The van der Waals surface area contributed by atoms with Crippen LogP contribution in [-0.2, 0) is 17.8 Å². The van der Waals surface area contributed by atoms with Crippen LogP contribution in [-0.4, -0.2) is 37.6 Å². The largest absolute Gasteiger partial charge is 0.493 e. The topological polar surface area (TPSA) is 50.8 Å². The molecule has 5 nitrogen and oxygen atoms in total. The van der Waals surface area contributed by atoms with Gasteiger partial charge >= 0.3 is 0 Å². The van der Waals surface area contributed by atoms with Crippen LogP contribution in [0.3, 0.4) is 0 Å². The molecule has 2 atom stereocenters. The summed E-state index contributed by atoms with van der Waals surface area (Å²) in [5.41, 5.74) is 3.76. The van der Waals surface area contributed by atoms with E-state index in [2.05, 4.69) is 53.5 Å². The molecule has 1 aliphatic heterocycles. The first-order valence-electron chi connectivity index (χ1n) is 10.4. The molecule has 4 rings (SSSR count). The number of methoxy groups -OCH3 is 2. The molecule has 0 unspecified atom stereocenters. The van der Waals surface area contributed by atoms with Gasteiger partial charge in [0.2, 0.25) is 5.91 Å². The molecule has 0 bridgehead atoms. The Kier molecular flexibility index (Phi) is 5.76. The van der Waals surface area contributed by atoms with Crippen LogP contribution >= 0.6 is 0 Å². The van der Waals surface area contributed by atoms with E-state index < -0.39 is 0 Å². The highest BCUT2D eigenvalue weighted by molar-refractivity contribution is 5.81. The molecule has 2 aliphatic rings. The van der Waals surface area contributed by atoms with Crippen molar-refractivity contribution in [2.75, 3.05) is 20.8 Å². The summed E-state index contributed by atoms with van der Waals surface area (Å²) >= 11 is 0. The number of hydrogen-bond donors (Lipinski definition) is 1. The molecule has 1 aliphatic carbocycles. The number of nitrogens with one attached hydrogen (secondary N) is 1. The second-order valence-electron chi connectivity index (χ2n) is 8.13. The second-order valence-corrected chi connectivity index (χ2v) is 8.13. The Labute approximate surface area is 173 Å². The second kappa shape index (κ2) is 8.46. The number of carbonyl (C=O) groups excluding carboxylic acids is 1. The van der Waals surface area contributed by atoms with Gasteiger partial charge in [0.15, 0.2) is 11.5 Å². The van der Waals surface area contributed by atoms with E-state index in [-0.39, 0.29) is 23.9 Å². The lowest BCUT2D eigenvalue weighted by molar-refractivity contribution is -0.123. The number of hydrogen-bond acceptors (Lipinski definition) is 4. The molecule has 1 amide bonds. The van der Waals surface area contributed by atoms with Crippen LogP contribution in [0.2, 0.25) is 0 Å². The van der Waals surface area contributed by atoms with E-state index in [0.29, 0.717) is 0 Å². The predicted molar refractivity (Wildman–Crippen MR) is 113 cm³/mol. The van der Waals surface area contributed by atoms with E-state index in [1.807, 2.05) is 6.07 Å². The number of fused-ring (bicyclic) bond motifs is 1. The first-order chi connectivity index (χ1) is 14.1. The molecule has 0 aromatic heterocycles. The van der Waals surface area contributed by atoms with Crippen molar-refractivity contribution in [2.45, 2.75) is 44.8 Å². The molecule has 2 aromatic rings. The van der Waals surface area contributed by atoms with Gasteiger partial charge in [0.1, 0.15) is 0 Å². The maximum atomic E-state index is 12.5. The molecule has 5 heteroatoms. The third-order valence-corrected chi connectivity index (χ3v) is 6.05. The van der Waals surface area contributed by atoms with Crippen molar-refractivity contribution in [1.82, 2.24) is 10.2 Å². The average molecular weight is 395 g/mol. The average Bonchev–Trinajstić information content (AvgIpc) is 3.58. The van der Waals surface area contributed by atoms with Crippen LogP contribution in [0, 0.1) is 5.92 Å². The first-order valence-corrected chi connectivity index (χ1v) is 10.4. The first kappa shape index (κ1) is 19.8. The molecule has 1 saturated carbocycles. The smallest absolute Gasteiger partial charge is 0.223 e. The Balaban J connectivity index is 1.67. The summed E-state index contributed by atoms with van der Waals surface area (Å²) in [6.45, 7) is 3.91. The Morgan fingerprint density at radius 1 is 1.14 bits per heavy atom.